The van der Waals surface area contributed by atoms with Crippen LogP contribution in [-0.2, 0) is 0 Å². The fourth-order valence-electron chi connectivity index (χ4n) is 2.41. The second-order valence-corrected chi connectivity index (χ2v) is 4.92. The number of H-pyrrole nitrogens is 1. The minimum atomic E-state index is -0.0383. The normalized spacial score (nSPS) is 27.4. The molecule has 0 aliphatic carbocycles. The standard InChI is InChI=1S/C12H20N4O.ClH/c1-7-4-5-13-9(3)11(7)15-12(17)10-6-14-16-8(10)2;/h6-7,9,11,13H,4-5H2,1-3H3,(H,14,16)(H,15,17);1H. The molecule has 3 N–H and O–H groups in total. The molecule has 6 heteroatoms. The molecule has 1 fully saturated rings. The molecule has 102 valence electrons. The van der Waals surface area contributed by atoms with Crippen LogP contribution in [0.15, 0.2) is 6.20 Å². The van der Waals surface area contributed by atoms with Gasteiger partial charge in [0.2, 0.25) is 0 Å². The molecule has 1 aromatic heterocycles. The summed E-state index contributed by atoms with van der Waals surface area (Å²) in [5.41, 5.74) is 1.45. The van der Waals surface area contributed by atoms with Gasteiger partial charge in [-0.25, -0.2) is 0 Å². The highest BCUT2D eigenvalue weighted by molar-refractivity contribution is 5.95. The Morgan fingerprint density at radius 1 is 1.50 bits per heavy atom. The first-order chi connectivity index (χ1) is 8.09. The third kappa shape index (κ3) is 3.03. The van der Waals surface area contributed by atoms with Crippen molar-refractivity contribution >= 4 is 18.3 Å². The summed E-state index contributed by atoms with van der Waals surface area (Å²) in [5.74, 6) is 0.464. The smallest absolute Gasteiger partial charge is 0.255 e. The van der Waals surface area contributed by atoms with E-state index in [0.717, 1.165) is 18.7 Å². The van der Waals surface area contributed by atoms with Crippen LogP contribution in [0.3, 0.4) is 0 Å². The van der Waals surface area contributed by atoms with Crippen LogP contribution in [0.25, 0.3) is 0 Å². The number of piperidine rings is 1. The highest BCUT2D eigenvalue weighted by atomic mass is 35.5. The molecule has 1 amide bonds. The lowest BCUT2D eigenvalue weighted by Crippen LogP contribution is -2.55. The Labute approximate surface area is 114 Å². The van der Waals surface area contributed by atoms with E-state index in [1.165, 1.54) is 0 Å². The number of aryl methyl sites for hydroxylation is 1. The summed E-state index contributed by atoms with van der Waals surface area (Å²) >= 11 is 0. The summed E-state index contributed by atoms with van der Waals surface area (Å²) in [7, 11) is 0. The number of hydrogen-bond acceptors (Lipinski definition) is 3. The van der Waals surface area contributed by atoms with Crippen LogP contribution in [0.1, 0.15) is 36.3 Å². The van der Waals surface area contributed by atoms with Crippen molar-refractivity contribution in [2.75, 3.05) is 6.54 Å². The molecule has 0 bridgehead atoms. The Kier molecular flexibility index (Phi) is 5.16. The van der Waals surface area contributed by atoms with E-state index < -0.39 is 0 Å². The Morgan fingerprint density at radius 3 is 2.78 bits per heavy atom. The van der Waals surface area contributed by atoms with Crippen LogP contribution in [0.5, 0.6) is 0 Å². The first-order valence-corrected chi connectivity index (χ1v) is 6.14. The average molecular weight is 273 g/mol. The van der Waals surface area contributed by atoms with Gasteiger partial charge in [-0.3, -0.25) is 9.89 Å². The lowest BCUT2D eigenvalue weighted by Gasteiger charge is -2.35. The molecular weight excluding hydrogens is 252 g/mol. The number of nitrogens with zero attached hydrogens (tertiary/aromatic N) is 1. The maximum Gasteiger partial charge on any atom is 0.255 e. The van der Waals surface area contributed by atoms with Gasteiger partial charge < -0.3 is 10.6 Å². The van der Waals surface area contributed by atoms with Crippen molar-refractivity contribution in [1.29, 1.82) is 0 Å². The predicted octanol–water partition coefficient (Wildman–Crippen LogP) is 1.26. The lowest BCUT2D eigenvalue weighted by atomic mass is 9.89. The number of halogens is 1. The number of nitrogens with one attached hydrogen (secondary N) is 3. The van der Waals surface area contributed by atoms with Crippen LogP contribution in [0.4, 0.5) is 0 Å². The molecule has 0 aromatic carbocycles. The summed E-state index contributed by atoms with van der Waals surface area (Å²) in [6, 6.07) is 0.500. The summed E-state index contributed by atoms with van der Waals surface area (Å²) in [6.45, 7) is 7.18. The Bertz CT molecular complexity index is 397. The number of amides is 1. The van der Waals surface area contributed by atoms with Gasteiger partial charge in [-0.2, -0.15) is 5.10 Å². The van der Waals surface area contributed by atoms with Crippen LogP contribution >= 0.6 is 12.4 Å². The fraction of sp³-hybridized carbons (Fsp3) is 0.667. The minimum absolute atomic E-state index is 0. The molecule has 1 aromatic rings. The predicted molar refractivity (Wildman–Crippen MR) is 73.1 cm³/mol. The van der Waals surface area contributed by atoms with E-state index >= 15 is 0 Å². The summed E-state index contributed by atoms with van der Waals surface area (Å²) < 4.78 is 0. The van der Waals surface area contributed by atoms with E-state index in [1.807, 2.05) is 6.92 Å². The second-order valence-electron chi connectivity index (χ2n) is 4.92. The molecule has 1 aliphatic heterocycles. The molecule has 1 aliphatic rings. The SMILES string of the molecule is Cc1[nH]ncc1C(=O)NC1C(C)CCNC1C.Cl. The zero-order valence-electron chi connectivity index (χ0n) is 11.0. The van der Waals surface area contributed by atoms with E-state index in [9.17, 15) is 4.79 Å². The summed E-state index contributed by atoms with van der Waals surface area (Å²) in [5, 5.41) is 13.1. The van der Waals surface area contributed by atoms with Crippen molar-refractivity contribution < 1.29 is 4.79 Å². The minimum Gasteiger partial charge on any atom is -0.347 e. The van der Waals surface area contributed by atoms with Crippen molar-refractivity contribution in [3.8, 4) is 0 Å². The number of aromatic amines is 1. The number of aromatic nitrogens is 2. The number of carbonyl (C=O) groups is 1. The third-order valence-corrected chi connectivity index (χ3v) is 3.59. The Hall–Kier alpha value is -1.07. The van der Waals surface area contributed by atoms with Crippen molar-refractivity contribution in [3.63, 3.8) is 0 Å². The first-order valence-electron chi connectivity index (χ1n) is 6.14. The van der Waals surface area contributed by atoms with E-state index in [2.05, 4.69) is 34.7 Å². The molecule has 2 heterocycles. The highest BCUT2D eigenvalue weighted by Gasteiger charge is 2.29. The topological polar surface area (TPSA) is 69.8 Å². The maximum absolute atomic E-state index is 12.1. The van der Waals surface area contributed by atoms with Gasteiger partial charge in [0.1, 0.15) is 0 Å². The number of hydrogen-bond donors (Lipinski definition) is 3. The van der Waals surface area contributed by atoms with E-state index in [-0.39, 0.29) is 24.4 Å². The molecule has 5 nitrogen and oxygen atoms in total. The number of carbonyl (C=O) groups excluding carboxylic acids is 1. The molecule has 18 heavy (non-hydrogen) atoms. The zero-order chi connectivity index (χ0) is 12.4. The van der Waals surface area contributed by atoms with Gasteiger partial charge in [-0.15, -0.1) is 12.4 Å². The summed E-state index contributed by atoms with van der Waals surface area (Å²) in [6.07, 6.45) is 2.68. The van der Waals surface area contributed by atoms with Crippen LogP contribution < -0.4 is 10.6 Å². The van der Waals surface area contributed by atoms with Gasteiger partial charge in [-0.1, -0.05) is 6.92 Å². The molecular formula is C12H21ClN4O. The van der Waals surface area contributed by atoms with Crippen LogP contribution in [0, 0.1) is 12.8 Å². The van der Waals surface area contributed by atoms with Crippen molar-refractivity contribution in [3.05, 3.63) is 17.5 Å². The largest absolute Gasteiger partial charge is 0.347 e. The van der Waals surface area contributed by atoms with Crippen LogP contribution in [0.2, 0.25) is 0 Å². The van der Waals surface area contributed by atoms with Gasteiger partial charge in [0.25, 0.3) is 5.91 Å². The average Bonchev–Trinajstić information content (AvgIpc) is 2.70. The van der Waals surface area contributed by atoms with Crippen molar-refractivity contribution in [2.45, 2.75) is 39.3 Å². The van der Waals surface area contributed by atoms with Gasteiger partial charge in [0, 0.05) is 17.8 Å². The molecule has 2 rings (SSSR count). The van der Waals surface area contributed by atoms with E-state index in [1.54, 1.807) is 6.20 Å². The highest BCUT2D eigenvalue weighted by Crippen LogP contribution is 2.17. The first kappa shape index (κ1) is 15.0. The summed E-state index contributed by atoms with van der Waals surface area (Å²) in [4.78, 5) is 12.1. The van der Waals surface area contributed by atoms with Gasteiger partial charge in [-0.05, 0) is 32.7 Å². The third-order valence-electron chi connectivity index (χ3n) is 3.59. The molecule has 0 saturated carbocycles. The van der Waals surface area contributed by atoms with Gasteiger partial charge >= 0.3 is 0 Å². The lowest BCUT2D eigenvalue weighted by molar-refractivity contribution is 0.0897. The van der Waals surface area contributed by atoms with Gasteiger partial charge in [0.05, 0.1) is 11.8 Å². The molecule has 0 radical (unpaired) electrons. The monoisotopic (exact) mass is 272 g/mol. The van der Waals surface area contributed by atoms with Crippen molar-refractivity contribution in [2.24, 2.45) is 5.92 Å². The fourth-order valence-corrected chi connectivity index (χ4v) is 2.41. The molecule has 3 unspecified atom stereocenters. The van der Waals surface area contributed by atoms with Gasteiger partial charge in [0.15, 0.2) is 0 Å². The molecule has 3 atom stereocenters. The Morgan fingerprint density at radius 2 is 2.22 bits per heavy atom. The second kappa shape index (κ2) is 6.20. The molecule has 0 spiro atoms. The number of rotatable bonds is 2. The molecule has 1 saturated heterocycles. The van der Waals surface area contributed by atoms with Crippen molar-refractivity contribution in [1.82, 2.24) is 20.8 Å². The van der Waals surface area contributed by atoms with Crippen LogP contribution in [-0.4, -0.2) is 34.7 Å². The zero-order valence-corrected chi connectivity index (χ0v) is 11.8. The van der Waals surface area contributed by atoms with E-state index in [0.29, 0.717) is 17.5 Å². The quantitative estimate of drug-likeness (QED) is 0.759. The van der Waals surface area contributed by atoms with E-state index in [4.69, 9.17) is 0 Å². The maximum atomic E-state index is 12.1. The Balaban J connectivity index is 0.00000162.